The third-order valence-corrected chi connectivity index (χ3v) is 4.12. The predicted octanol–water partition coefficient (Wildman–Crippen LogP) is 2.95. The molecular formula is C20H17N3O5. The van der Waals surface area contributed by atoms with E-state index in [2.05, 4.69) is 5.32 Å². The van der Waals surface area contributed by atoms with Gasteiger partial charge in [-0.2, -0.15) is 4.73 Å². The van der Waals surface area contributed by atoms with Gasteiger partial charge in [0.1, 0.15) is 12.2 Å². The zero-order valence-electron chi connectivity index (χ0n) is 15.0. The second kappa shape index (κ2) is 8.17. The van der Waals surface area contributed by atoms with Crippen LogP contribution in [0.15, 0.2) is 71.7 Å². The van der Waals surface area contributed by atoms with Crippen LogP contribution in [-0.4, -0.2) is 15.6 Å². The SMILES string of the molecule is Cc1ccccc1COn1cccc(C(=O)Nc2ccc([N+](=O)[O-])cc2)c1=O. The van der Waals surface area contributed by atoms with Crippen LogP contribution >= 0.6 is 0 Å². The Balaban J connectivity index is 1.74. The van der Waals surface area contributed by atoms with Gasteiger partial charge in [0.15, 0.2) is 0 Å². The van der Waals surface area contributed by atoms with E-state index >= 15 is 0 Å². The number of nitrogens with zero attached hydrogens (tertiary/aromatic N) is 2. The summed E-state index contributed by atoms with van der Waals surface area (Å²) < 4.78 is 1.01. The highest BCUT2D eigenvalue weighted by molar-refractivity contribution is 6.04. The lowest BCUT2D eigenvalue weighted by molar-refractivity contribution is -0.384. The highest BCUT2D eigenvalue weighted by Gasteiger charge is 2.14. The van der Waals surface area contributed by atoms with Gasteiger partial charge in [0, 0.05) is 24.0 Å². The van der Waals surface area contributed by atoms with Crippen LogP contribution in [0.4, 0.5) is 11.4 Å². The van der Waals surface area contributed by atoms with Crippen LogP contribution in [0.2, 0.25) is 0 Å². The average molecular weight is 379 g/mol. The molecule has 2 aromatic carbocycles. The van der Waals surface area contributed by atoms with Crippen molar-refractivity contribution in [3.05, 3.63) is 104 Å². The minimum Gasteiger partial charge on any atom is -0.406 e. The molecule has 8 heteroatoms. The molecule has 0 fully saturated rings. The number of nitro benzene ring substituents is 1. The molecule has 0 aliphatic carbocycles. The number of pyridine rings is 1. The molecule has 0 aliphatic rings. The molecule has 0 aliphatic heterocycles. The normalized spacial score (nSPS) is 10.3. The lowest BCUT2D eigenvalue weighted by Crippen LogP contribution is -2.32. The van der Waals surface area contributed by atoms with Crippen molar-refractivity contribution in [2.45, 2.75) is 13.5 Å². The monoisotopic (exact) mass is 379 g/mol. The Morgan fingerprint density at radius 3 is 2.50 bits per heavy atom. The second-order valence-electron chi connectivity index (χ2n) is 6.01. The molecular weight excluding hydrogens is 362 g/mol. The molecule has 0 saturated carbocycles. The van der Waals surface area contributed by atoms with Gasteiger partial charge in [0.25, 0.3) is 17.2 Å². The smallest absolute Gasteiger partial charge is 0.295 e. The number of aryl methyl sites for hydroxylation is 1. The fourth-order valence-electron chi connectivity index (χ4n) is 2.53. The molecule has 3 aromatic rings. The van der Waals surface area contributed by atoms with Gasteiger partial charge in [0.05, 0.1) is 4.92 Å². The van der Waals surface area contributed by atoms with Gasteiger partial charge in [-0.3, -0.25) is 19.7 Å². The highest BCUT2D eigenvalue weighted by Crippen LogP contribution is 2.15. The van der Waals surface area contributed by atoms with E-state index in [-0.39, 0.29) is 17.9 Å². The average Bonchev–Trinajstić information content (AvgIpc) is 2.68. The Kier molecular flexibility index (Phi) is 5.50. The summed E-state index contributed by atoms with van der Waals surface area (Å²) in [5, 5.41) is 13.2. The largest absolute Gasteiger partial charge is 0.406 e. The third kappa shape index (κ3) is 4.24. The van der Waals surface area contributed by atoms with Crippen LogP contribution < -0.4 is 15.7 Å². The van der Waals surface area contributed by atoms with Crippen molar-refractivity contribution >= 4 is 17.3 Å². The first-order valence-electron chi connectivity index (χ1n) is 8.41. The quantitative estimate of drug-likeness (QED) is 0.524. The van der Waals surface area contributed by atoms with Crippen LogP contribution in [0.3, 0.4) is 0 Å². The van der Waals surface area contributed by atoms with Crippen LogP contribution in [0.5, 0.6) is 0 Å². The van der Waals surface area contributed by atoms with E-state index < -0.39 is 16.4 Å². The maximum absolute atomic E-state index is 12.5. The molecule has 1 amide bonds. The van der Waals surface area contributed by atoms with Gasteiger partial charge in [-0.25, -0.2) is 0 Å². The molecule has 3 rings (SSSR count). The summed E-state index contributed by atoms with van der Waals surface area (Å²) in [5.41, 5.74) is 1.50. The number of hydrogen-bond acceptors (Lipinski definition) is 5. The van der Waals surface area contributed by atoms with Crippen molar-refractivity contribution in [3.8, 4) is 0 Å². The molecule has 0 atom stereocenters. The standard InChI is InChI=1S/C20H17N3O5/c1-14-5-2-3-6-15(14)13-28-22-12-4-7-18(20(22)25)19(24)21-16-8-10-17(11-9-16)23(26)27/h2-12H,13H2,1H3,(H,21,24). The number of carbonyl (C=O) groups excluding carboxylic acids is 1. The molecule has 142 valence electrons. The lowest BCUT2D eigenvalue weighted by atomic mass is 10.1. The Morgan fingerprint density at radius 2 is 1.82 bits per heavy atom. The summed E-state index contributed by atoms with van der Waals surface area (Å²) in [6.07, 6.45) is 1.43. The lowest BCUT2D eigenvalue weighted by Gasteiger charge is -2.11. The minimum atomic E-state index is -0.632. The van der Waals surface area contributed by atoms with Crippen molar-refractivity contribution in [3.63, 3.8) is 0 Å². The maximum Gasteiger partial charge on any atom is 0.295 e. The van der Waals surface area contributed by atoms with Crippen LogP contribution in [-0.2, 0) is 6.61 Å². The van der Waals surface area contributed by atoms with Gasteiger partial charge in [-0.1, -0.05) is 24.3 Å². The van der Waals surface area contributed by atoms with Gasteiger partial charge in [0.2, 0.25) is 0 Å². The Bertz CT molecular complexity index is 1070. The summed E-state index contributed by atoms with van der Waals surface area (Å²) in [6.45, 7) is 2.12. The number of benzene rings is 2. The van der Waals surface area contributed by atoms with E-state index in [0.29, 0.717) is 5.69 Å². The number of nitro groups is 1. The number of anilines is 1. The zero-order chi connectivity index (χ0) is 20.1. The molecule has 28 heavy (non-hydrogen) atoms. The zero-order valence-corrected chi connectivity index (χ0v) is 15.0. The summed E-state index contributed by atoms with van der Waals surface area (Å²) in [5.74, 6) is -0.632. The summed E-state index contributed by atoms with van der Waals surface area (Å²) >= 11 is 0. The molecule has 0 spiro atoms. The van der Waals surface area contributed by atoms with Crippen molar-refractivity contribution in [2.75, 3.05) is 5.32 Å². The maximum atomic E-state index is 12.5. The minimum absolute atomic E-state index is 0.0929. The first-order valence-corrected chi connectivity index (χ1v) is 8.41. The summed E-state index contributed by atoms with van der Waals surface area (Å²) in [4.78, 5) is 40.6. The van der Waals surface area contributed by atoms with Crippen molar-refractivity contribution in [1.29, 1.82) is 0 Å². The number of aromatic nitrogens is 1. The van der Waals surface area contributed by atoms with Crippen molar-refractivity contribution in [2.24, 2.45) is 0 Å². The molecule has 1 heterocycles. The Morgan fingerprint density at radius 1 is 1.11 bits per heavy atom. The Labute approximate surface area is 160 Å². The van der Waals surface area contributed by atoms with Crippen molar-refractivity contribution in [1.82, 2.24) is 4.73 Å². The number of hydrogen-bond donors (Lipinski definition) is 1. The molecule has 0 radical (unpaired) electrons. The van der Waals surface area contributed by atoms with E-state index in [1.54, 1.807) is 0 Å². The molecule has 8 nitrogen and oxygen atoms in total. The fraction of sp³-hybridized carbons (Fsp3) is 0.100. The number of amides is 1. The van der Waals surface area contributed by atoms with Crippen LogP contribution in [0.25, 0.3) is 0 Å². The number of non-ortho nitro benzene ring substituents is 1. The fourth-order valence-corrected chi connectivity index (χ4v) is 2.53. The first kappa shape index (κ1) is 18.8. The van der Waals surface area contributed by atoms with Crippen molar-refractivity contribution < 1.29 is 14.6 Å². The Hall–Kier alpha value is -3.94. The van der Waals surface area contributed by atoms with Gasteiger partial charge in [-0.05, 0) is 42.3 Å². The predicted molar refractivity (Wildman–Crippen MR) is 103 cm³/mol. The van der Waals surface area contributed by atoms with Gasteiger partial charge >= 0.3 is 0 Å². The highest BCUT2D eigenvalue weighted by atomic mass is 16.7. The van der Waals surface area contributed by atoms with Gasteiger partial charge in [-0.15, -0.1) is 0 Å². The van der Waals surface area contributed by atoms with E-state index in [9.17, 15) is 19.7 Å². The van der Waals surface area contributed by atoms with E-state index in [1.165, 1.54) is 42.6 Å². The van der Waals surface area contributed by atoms with Crippen LogP contribution in [0, 0.1) is 17.0 Å². The first-order chi connectivity index (χ1) is 13.5. The number of nitrogens with one attached hydrogen (secondary N) is 1. The molecule has 1 aromatic heterocycles. The van der Waals surface area contributed by atoms with Gasteiger partial charge < -0.3 is 10.2 Å². The second-order valence-corrected chi connectivity index (χ2v) is 6.01. The molecule has 0 unspecified atom stereocenters. The molecule has 0 saturated heterocycles. The number of carbonyl (C=O) groups is 1. The van der Waals surface area contributed by atoms with E-state index in [4.69, 9.17) is 4.84 Å². The van der Waals surface area contributed by atoms with E-state index in [0.717, 1.165) is 15.9 Å². The molecule has 0 bridgehead atoms. The van der Waals surface area contributed by atoms with Crippen LogP contribution in [0.1, 0.15) is 21.5 Å². The molecule has 1 N–H and O–H groups in total. The topological polar surface area (TPSA) is 103 Å². The summed E-state index contributed by atoms with van der Waals surface area (Å²) in [7, 11) is 0. The summed E-state index contributed by atoms with van der Waals surface area (Å²) in [6, 6.07) is 15.9. The van der Waals surface area contributed by atoms with E-state index in [1.807, 2.05) is 31.2 Å². The third-order valence-electron chi connectivity index (χ3n) is 4.12. The number of rotatable bonds is 6.